The van der Waals surface area contributed by atoms with Gasteiger partial charge in [-0.15, -0.1) is 0 Å². The van der Waals surface area contributed by atoms with Crippen LogP contribution >= 0.6 is 0 Å². The Labute approximate surface area is 91.5 Å². The van der Waals surface area contributed by atoms with E-state index in [0.717, 1.165) is 13.1 Å². The number of rotatable bonds is 3. The summed E-state index contributed by atoms with van der Waals surface area (Å²) in [6, 6.07) is 10.8. The maximum Gasteiger partial charge on any atom is 0.0589 e. The van der Waals surface area contributed by atoms with Crippen molar-refractivity contribution < 1.29 is 5.11 Å². The Bertz CT molecular complexity index is 299. The smallest absolute Gasteiger partial charge is 0.0589 e. The molecule has 0 unspecified atom stereocenters. The lowest BCUT2D eigenvalue weighted by molar-refractivity contribution is 0.134. The van der Waals surface area contributed by atoms with Crippen LogP contribution in [-0.2, 0) is 6.54 Å². The van der Waals surface area contributed by atoms with E-state index in [1.165, 1.54) is 12.0 Å². The van der Waals surface area contributed by atoms with Crippen LogP contribution in [0.2, 0.25) is 0 Å². The molecule has 0 amide bonds. The predicted molar refractivity (Wildman–Crippen MR) is 61.5 cm³/mol. The molecule has 1 saturated heterocycles. The van der Waals surface area contributed by atoms with Gasteiger partial charge in [-0.05, 0) is 24.4 Å². The van der Waals surface area contributed by atoms with E-state index in [2.05, 4.69) is 36.1 Å². The van der Waals surface area contributed by atoms with Gasteiger partial charge in [-0.25, -0.2) is 0 Å². The molecule has 15 heavy (non-hydrogen) atoms. The Hall–Kier alpha value is -0.860. The summed E-state index contributed by atoms with van der Waals surface area (Å²) in [5.41, 5.74) is 1.34. The van der Waals surface area contributed by atoms with E-state index in [4.69, 9.17) is 0 Å². The van der Waals surface area contributed by atoms with Gasteiger partial charge in [0.2, 0.25) is 0 Å². The van der Waals surface area contributed by atoms with Crippen LogP contribution < -0.4 is 0 Å². The molecule has 0 spiro atoms. The molecule has 1 aromatic rings. The number of nitrogens with zero attached hydrogens (tertiary/aromatic N) is 1. The summed E-state index contributed by atoms with van der Waals surface area (Å²) in [5, 5.41) is 9.34. The Morgan fingerprint density at radius 2 is 2.07 bits per heavy atom. The third kappa shape index (κ3) is 2.39. The molecule has 2 rings (SSSR count). The fourth-order valence-corrected chi connectivity index (χ4v) is 2.40. The minimum absolute atomic E-state index is 0.286. The van der Waals surface area contributed by atoms with Gasteiger partial charge in [0.1, 0.15) is 0 Å². The molecule has 0 bridgehead atoms. The third-order valence-corrected chi connectivity index (χ3v) is 3.41. The van der Waals surface area contributed by atoms with E-state index in [0.29, 0.717) is 12.0 Å². The van der Waals surface area contributed by atoms with Crippen LogP contribution in [0.5, 0.6) is 0 Å². The maximum absolute atomic E-state index is 9.34. The molecule has 1 fully saturated rings. The van der Waals surface area contributed by atoms with E-state index in [-0.39, 0.29) is 6.61 Å². The number of likely N-dealkylation sites (tertiary alicyclic amines) is 1. The number of benzene rings is 1. The van der Waals surface area contributed by atoms with Crippen LogP contribution in [0, 0.1) is 5.92 Å². The van der Waals surface area contributed by atoms with Crippen LogP contribution in [-0.4, -0.2) is 29.2 Å². The van der Waals surface area contributed by atoms with Gasteiger partial charge >= 0.3 is 0 Å². The van der Waals surface area contributed by atoms with Crippen molar-refractivity contribution in [3.63, 3.8) is 0 Å². The van der Waals surface area contributed by atoms with E-state index in [9.17, 15) is 5.11 Å². The molecule has 1 aromatic carbocycles. The van der Waals surface area contributed by atoms with Crippen LogP contribution in [0.4, 0.5) is 0 Å². The third-order valence-electron chi connectivity index (χ3n) is 3.41. The molecule has 0 saturated carbocycles. The normalized spacial score (nSPS) is 27.1. The standard InChI is InChI=1S/C13H19NO/c1-11-7-8-14(13(11)10-15)9-12-5-3-2-4-6-12/h2-6,11,13,15H,7-10H2,1H3/t11-,13-/m0/s1. The first-order valence-electron chi connectivity index (χ1n) is 5.70. The molecular formula is C13H19NO. The summed E-state index contributed by atoms with van der Waals surface area (Å²) >= 11 is 0. The summed E-state index contributed by atoms with van der Waals surface area (Å²) in [5.74, 6) is 0.624. The van der Waals surface area contributed by atoms with Crippen molar-refractivity contribution in [2.75, 3.05) is 13.2 Å². The Morgan fingerprint density at radius 1 is 1.33 bits per heavy atom. The van der Waals surface area contributed by atoms with Crippen molar-refractivity contribution in [2.45, 2.75) is 25.9 Å². The molecule has 0 radical (unpaired) electrons. The molecular weight excluding hydrogens is 186 g/mol. The summed E-state index contributed by atoms with van der Waals surface area (Å²) in [6.07, 6.45) is 1.21. The van der Waals surface area contributed by atoms with Crippen molar-refractivity contribution in [1.29, 1.82) is 0 Å². The lowest BCUT2D eigenvalue weighted by Crippen LogP contribution is -2.34. The lowest BCUT2D eigenvalue weighted by Gasteiger charge is -2.24. The van der Waals surface area contributed by atoms with E-state index in [1.54, 1.807) is 0 Å². The second-order valence-electron chi connectivity index (χ2n) is 4.47. The molecule has 0 aliphatic carbocycles. The van der Waals surface area contributed by atoms with Gasteiger partial charge in [-0.2, -0.15) is 0 Å². The topological polar surface area (TPSA) is 23.5 Å². The second kappa shape index (κ2) is 4.77. The second-order valence-corrected chi connectivity index (χ2v) is 4.47. The van der Waals surface area contributed by atoms with Crippen molar-refractivity contribution in [2.24, 2.45) is 5.92 Å². The summed E-state index contributed by atoms with van der Waals surface area (Å²) in [7, 11) is 0. The molecule has 0 aromatic heterocycles. The number of aliphatic hydroxyl groups excluding tert-OH is 1. The number of hydrogen-bond acceptors (Lipinski definition) is 2. The first kappa shape index (κ1) is 10.7. The van der Waals surface area contributed by atoms with Gasteiger partial charge in [0.15, 0.2) is 0 Å². The minimum Gasteiger partial charge on any atom is -0.395 e. The van der Waals surface area contributed by atoms with Crippen LogP contribution in [0.15, 0.2) is 30.3 Å². The Kier molecular flexibility index (Phi) is 3.39. The largest absolute Gasteiger partial charge is 0.395 e. The molecule has 1 aliphatic rings. The van der Waals surface area contributed by atoms with Crippen molar-refractivity contribution >= 4 is 0 Å². The molecule has 1 heterocycles. The van der Waals surface area contributed by atoms with Gasteiger partial charge < -0.3 is 5.11 Å². The quantitative estimate of drug-likeness (QED) is 0.814. The molecule has 1 aliphatic heterocycles. The van der Waals surface area contributed by atoms with Gasteiger partial charge in [0, 0.05) is 12.6 Å². The summed E-state index contributed by atoms with van der Waals surface area (Å²) < 4.78 is 0. The highest BCUT2D eigenvalue weighted by molar-refractivity contribution is 5.14. The molecule has 2 heteroatoms. The minimum atomic E-state index is 0.286. The number of hydrogen-bond donors (Lipinski definition) is 1. The molecule has 2 atom stereocenters. The molecule has 2 nitrogen and oxygen atoms in total. The maximum atomic E-state index is 9.34. The molecule has 1 N–H and O–H groups in total. The van der Waals surface area contributed by atoms with Crippen LogP contribution in [0.1, 0.15) is 18.9 Å². The van der Waals surface area contributed by atoms with E-state index in [1.807, 2.05) is 6.07 Å². The van der Waals surface area contributed by atoms with Gasteiger partial charge in [-0.1, -0.05) is 37.3 Å². The monoisotopic (exact) mass is 205 g/mol. The number of aliphatic hydroxyl groups is 1. The van der Waals surface area contributed by atoms with Crippen molar-refractivity contribution in [1.82, 2.24) is 4.90 Å². The highest BCUT2D eigenvalue weighted by Crippen LogP contribution is 2.25. The Balaban J connectivity index is 2.00. The lowest BCUT2D eigenvalue weighted by atomic mass is 10.0. The fourth-order valence-electron chi connectivity index (χ4n) is 2.40. The zero-order chi connectivity index (χ0) is 10.7. The van der Waals surface area contributed by atoms with Crippen LogP contribution in [0.3, 0.4) is 0 Å². The van der Waals surface area contributed by atoms with E-state index >= 15 is 0 Å². The SMILES string of the molecule is C[C@H]1CCN(Cc2ccccc2)[C@H]1CO. The van der Waals surface area contributed by atoms with E-state index < -0.39 is 0 Å². The van der Waals surface area contributed by atoms with Gasteiger partial charge in [-0.3, -0.25) is 4.90 Å². The van der Waals surface area contributed by atoms with Crippen molar-refractivity contribution in [3.05, 3.63) is 35.9 Å². The predicted octanol–water partition coefficient (Wildman–Crippen LogP) is 1.89. The van der Waals surface area contributed by atoms with Gasteiger partial charge in [0.05, 0.1) is 6.61 Å². The van der Waals surface area contributed by atoms with Crippen LogP contribution in [0.25, 0.3) is 0 Å². The first-order valence-corrected chi connectivity index (χ1v) is 5.70. The fraction of sp³-hybridized carbons (Fsp3) is 0.538. The zero-order valence-corrected chi connectivity index (χ0v) is 9.26. The molecule has 82 valence electrons. The first-order chi connectivity index (χ1) is 7.31. The average Bonchev–Trinajstić information content (AvgIpc) is 2.61. The summed E-state index contributed by atoms with van der Waals surface area (Å²) in [6.45, 7) is 4.59. The highest BCUT2D eigenvalue weighted by Gasteiger charge is 2.29. The summed E-state index contributed by atoms with van der Waals surface area (Å²) in [4.78, 5) is 2.39. The average molecular weight is 205 g/mol. The highest BCUT2D eigenvalue weighted by atomic mass is 16.3. The Morgan fingerprint density at radius 3 is 2.73 bits per heavy atom. The van der Waals surface area contributed by atoms with Gasteiger partial charge in [0.25, 0.3) is 0 Å². The van der Waals surface area contributed by atoms with Crippen molar-refractivity contribution in [3.8, 4) is 0 Å². The zero-order valence-electron chi connectivity index (χ0n) is 9.26.